The Morgan fingerprint density at radius 3 is 2.33 bits per heavy atom. The topological polar surface area (TPSA) is 88.6 Å². The van der Waals surface area contributed by atoms with Crippen LogP contribution < -0.4 is 5.73 Å². The van der Waals surface area contributed by atoms with Crippen molar-refractivity contribution in [2.24, 2.45) is 12.8 Å². The second-order valence-corrected chi connectivity index (χ2v) is 8.24. The third-order valence-corrected chi connectivity index (χ3v) is 5.98. The first kappa shape index (κ1) is 23.2. The van der Waals surface area contributed by atoms with Gasteiger partial charge in [0.05, 0.1) is 0 Å². The van der Waals surface area contributed by atoms with E-state index in [1.54, 1.807) is 21.1 Å². The number of hydrogen-bond donors (Lipinski definition) is 1. The van der Waals surface area contributed by atoms with E-state index in [1.807, 2.05) is 30.3 Å². The Hall–Kier alpha value is -1.87. The van der Waals surface area contributed by atoms with Crippen molar-refractivity contribution in [1.29, 1.82) is 0 Å². The molecule has 0 atom stereocenters. The molecule has 0 bridgehead atoms. The van der Waals surface area contributed by atoms with Gasteiger partial charge in [-0.05, 0) is 18.1 Å². The number of carbonyl (C=O) groups excluding carboxylic acids is 1. The predicted octanol–water partition coefficient (Wildman–Crippen LogP) is 1.34. The molecule has 0 aliphatic carbocycles. The minimum atomic E-state index is -3.73. The number of amides is 1. The molecule has 2 rings (SSSR count). The normalized spacial score (nSPS) is 11.3. The van der Waals surface area contributed by atoms with E-state index in [0.717, 1.165) is 5.56 Å². The van der Waals surface area contributed by atoms with Gasteiger partial charge in [-0.3, -0.25) is 4.79 Å². The van der Waals surface area contributed by atoms with Gasteiger partial charge < -0.3 is 15.2 Å². The Morgan fingerprint density at radius 2 is 1.78 bits per heavy atom. The summed E-state index contributed by atoms with van der Waals surface area (Å²) in [7, 11) is 1.19. The van der Waals surface area contributed by atoms with Crippen molar-refractivity contribution in [3.05, 3.63) is 53.9 Å². The number of halogens is 1. The summed E-state index contributed by atoms with van der Waals surface area (Å²) in [6.07, 6.45) is 2.06. The third-order valence-electron chi connectivity index (χ3n) is 4.11. The van der Waals surface area contributed by atoms with Gasteiger partial charge in [0.25, 0.3) is 5.91 Å². The fourth-order valence-corrected chi connectivity index (χ4v) is 4.19. The number of carbonyl (C=O) groups is 1. The van der Waals surface area contributed by atoms with Crippen molar-refractivity contribution in [2.75, 3.05) is 33.7 Å². The van der Waals surface area contributed by atoms with E-state index in [4.69, 9.17) is 5.73 Å². The number of nitrogens with zero attached hydrogens (tertiary/aromatic N) is 3. The molecule has 0 fully saturated rings. The van der Waals surface area contributed by atoms with E-state index >= 15 is 0 Å². The van der Waals surface area contributed by atoms with Gasteiger partial charge in [0.1, 0.15) is 10.6 Å². The van der Waals surface area contributed by atoms with Gasteiger partial charge in [0.2, 0.25) is 10.0 Å². The molecule has 1 amide bonds. The smallest absolute Gasteiger partial charge is 0.269 e. The molecule has 0 saturated carbocycles. The lowest BCUT2D eigenvalue weighted by Crippen LogP contribution is -2.36. The Morgan fingerprint density at radius 1 is 1.15 bits per heavy atom. The minimum Gasteiger partial charge on any atom is -0.345 e. The number of hydrogen-bond acceptors (Lipinski definition) is 4. The molecule has 0 aliphatic heterocycles. The Labute approximate surface area is 167 Å². The highest BCUT2D eigenvalue weighted by Crippen LogP contribution is 2.19. The van der Waals surface area contributed by atoms with E-state index < -0.39 is 10.0 Å². The van der Waals surface area contributed by atoms with Crippen molar-refractivity contribution in [3.63, 3.8) is 0 Å². The van der Waals surface area contributed by atoms with Crippen molar-refractivity contribution < 1.29 is 13.2 Å². The number of nitrogens with two attached hydrogens (primary N) is 1. The Kier molecular flexibility index (Phi) is 8.49. The van der Waals surface area contributed by atoms with Crippen LogP contribution in [-0.2, 0) is 23.5 Å². The van der Waals surface area contributed by atoms with Crippen LogP contribution in [0.25, 0.3) is 0 Å². The number of rotatable bonds is 8. The predicted molar refractivity (Wildman–Crippen MR) is 109 cm³/mol. The van der Waals surface area contributed by atoms with E-state index in [0.29, 0.717) is 18.7 Å². The summed E-state index contributed by atoms with van der Waals surface area (Å²) in [6, 6.07) is 11.1. The summed E-state index contributed by atoms with van der Waals surface area (Å²) in [5, 5.41) is 0. The molecule has 2 N–H and O–H groups in total. The van der Waals surface area contributed by atoms with E-state index in [9.17, 15) is 13.2 Å². The van der Waals surface area contributed by atoms with E-state index in [-0.39, 0.29) is 36.3 Å². The maximum absolute atomic E-state index is 13.0. The standard InChI is InChI=1S/C18H26N4O3S.ClH/c1-20(2)18(23)17-13-16(14-21(17)3)26(24,25)22(12-10-19)11-9-15-7-5-4-6-8-15;/h4-8,13-14H,9-12,19H2,1-3H3;1H. The number of benzene rings is 1. The van der Waals surface area contributed by atoms with E-state index in [2.05, 4.69) is 0 Å². The van der Waals surface area contributed by atoms with Crippen molar-refractivity contribution in [1.82, 2.24) is 13.8 Å². The molecule has 150 valence electrons. The van der Waals surface area contributed by atoms with Crippen LogP contribution in [0.4, 0.5) is 0 Å². The summed E-state index contributed by atoms with van der Waals surface area (Å²) in [5.41, 5.74) is 7.00. The lowest BCUT2D eigenvalue weighted by atomic mass is 10.1. The highest BCUT2D eigenvalue weighted by atomic mass is 35.5. The molecule has 1 heterocycles. The lowest BCUT2D eigenvalue weighted by molar-refractivity contribution is 0.0818. The molecule has 1 aromatic carbocycles. The SMILES string of the molecule is CN(C)C(=O)c1cc(S(=O)(=O)N(CCN)CCc2ccccc2)cn1C.Cl. The van der Waals surface area contributed by atoms with Crippen LogP contribution in [0.5, 0.6) is 0 Å². The largest absolute Gasteiger partial charge is 0.345 e. The van der Waals surface area contributed by atoms with Gasteiger partial charge in [0, 0.05) is 47.0 Å². The second kappa shape index (κ2) is 9.89. The molecule has 27 heavy (non-hydrogen) atoms. The fourth-order valence-electron chi connectivity index (χ4n) is 2.66. The van der Waals surface area contributed by atoms with Gasteiger partial charge in [0.15, 0.2) is 0 Å². The van der Waals surface area contributed by atoms with Crippen molar-refractivity contribution in [3.8, 4) is 0 Å². The first-order valence-corrected chi connectivity index (χ1v) is 9.83. The zero-order valence-electron chi connectivity index (χ0n) is 15.8. The highest BCUT2D eigenvalue weighted by molar-refractivity contribution is 7.89. The van der Waals surface area contributed by atoms with Crippen molar-refractivity contribution >= 4 is 28.3 Å². The summed E-state index contributed by atoms with van der Waals surface area (Å²) in [6.45, 7) is 0.779. The molecule has 0 radical (unpaired) electrons. The van der Waals surface area contributed by atoms with Crippen LogP contribution >= 0.6 is 12.4 Å². The van der Waals surface area contributed by atoms with Crippen LogP contribution in [-0.4, -0.2) is 61.8 Å². The zero-order chi connectivity index (χ0) is 19.3. The van der Waals surface area contributed by atoms with Crippen LogP contribution in [0.3, 0.4) is 0 Å². The maximum atomic E-state index is 13.0. The monoisotopic (exact) mass is 414 g/mol. The van der Waals surface area contributed by atoms with Crippen LogP contribution in [0.15, 0.2) is 47.5 Å². The first-order valence-electron chi connectivity index (χ1n) is 8.39. The molecule has 0 unspecified atom stereocenters. The lowest BCUT2D eigenvalue weighted by Gasteiger charge is -2.21. The molecular weight excluding hydrogens is 388 g/mol. The minimum absolute atomic E-state index is 0. The van der Waals surface area contributed by atoms with Gasteiger partial charge in [-0.15, -0.1) is 12.4 Å². The fraction of sp³-hybridized carbons (Fsp3) is 0.389. The molecule has 7 nitrogen and oxygen atoms in total. The van der Waals surface area contributed by atoms with Crippen LogP contribution in [0.1, 0.15) is 16.1 Å². The van der Waals surface area contributed by atoms with Gasteiger partial charge in [-0.2, -0.15) is 4.31 Å². The Bertz CT molecular complexity index is 851. The quantitative estimate of drug-likeness (QED) is 0.705. The molecule has 1 aromatic heterocycles. The van der Waals surface area contributed by atoms with Crippen molar-refractivity contribution in [2.45, 2.75) is 11.3 Å². The highest BCUT2D eigenvalue weighted by Gasteiger charge is 2.27. The van der Waals surface area contributed by atoms with E-state index in [1.165, 1.54) is 26.0 Å². The summed E-state index contributed by atoms with van der Waals surface area (Å²) in [4.78, 5) is 13.7. The molecule has 0 saturated heterocycles. The van der Waals surface area contributed by atoms with Crippen LogP contribution in [0.2, 0.25) is 0 Å². The summed E-state index contributed by atoms with van der Waals surface area (Å²) < 4.78 is 29.0. The third kappa shape index (κ3) is 5.55. The second-order valence-electron chi connectivity index (χ2n) is 6.30. The van der Waals surface area contributed by atoms with Gasteiger partial charge in [-0.25, -0.2) is 8.42 Å². The first-order chi connectivity index (χ1) is 12.3. The molecule has 2 aromatic rings. The van der Waals surface area contributed by atoms with Gasteiger partial charge in [-0.1, -0.05) is 30.3 Å². The average molecular weight is 415 g/mol. The molecular formula is C18H27ClN4O3S. The number of aromatic nitrogens is 1. The zero-order valence-corrected chi connectivity index (χ0v) is 17.5. The molecule has 0 spiro atoms. The summed E-state index contributed by atoms with van der Waals surface area (Å²) >= 11 is 0. The summed E-state index contributed by atoms with van der Waals surface area (Å²) in [5.74, 6) is -0.247. The average Bonchev–Trinajstić information content (AvgIpc) is 3.01. The molecule has 0 aliphatic rings. The van der Waals surface area contributed by atoms with Crippen LogP contribution in [0, 0.1) is 0 Å². The number of aryl methyl sites for hydroxylation is 1. The van der Waals surface area contributed by atoms with Gasteiger partial charge >= 0.3 is 0 Å². The number of sulfonamides is 1. The maximum Gasteiger partial charge on any atom is 0.269 e. The Balaban J connectivity index is 0.00000364. The molecule has 9 heteroatoms.